The zero-order chi connectivity index (χ0) is 15.9. The standard InChI is InChI=1S/C10H20O7S2Si/c1-18(11,12)15-9-7-5-6-8-10-16-19(13,14)17-20(2,3)4/h7-10H2,1-4H3. The summed E-state index contributed by atoms with van der Waals surface area (Å²) >= 11 is 0. The van der Waals surface area contributed by atoms with Crippen LogP contribution in [0.4, 0.5) is 0 Å². The molecule has 0 aromatic carbocycles. The van der Waals surface area contributed by atoms with Crippen molar-refractivity contribution in [2.75, 3.05) is 19.5 Å². The second kappa shape index (κ2) is 8.11. The van der Waals surface area contributed by atoms with Crippen molar-refractivity contribution in [3.05, 3.63) is 0 Å². The van der Waals surface area contributed by atoms with Crippen LogP contribution in [0.25, 0.3) is 0 Å². The van der Waals surface area contributed by atoms with Gasteiger partial charge in [-0.05, 0) is 19.6 Å². The Kier molecular flexibility index (Phi) is 7.93. The topological polar surface area (TPSA) is 96.0 Å². The zero-order valence-corrected chi connectivity index (χ0v) is 14.6. The van der Waals surface area contributed by atoms with E-state index in [1.54, 1.807) is 19.6 Å². The lowest BCUT2D eigenvalue weighted by molar-refractivity contribution is 0.278. The molecule has 0 radical (unpaired) electrons. The molecule has 0 N–H and O–H groups in total. The van der Waals surface area contributed by atoms with Gasteiger partial charge >= 0.3 is 10.4 Å². The lowest BCUT2D eigenvalue weighted by Gasteiger charge is -2.15. The Bertz CT molecular complexity index is 549. The molecule has 118 valence electrons. The molecule has 0 atom stereocenters. The highest BCUT2D eigenvalue weighted by molar-refractivity contribution is 7.86. The van der Waals surface area contributed by atoms with Gasteiger partial charge in [0.25, 0.3) is 10.1 Å². The maximum atomic E-state index is 11.3. The predicted octanol–water partition coefficient (Wildman–Crippen LogP) is 0.859. The van der Waals surface area contributed by atoms with Crippen LogP contribution in [-0.2, 0) is 32.8 Å². The van der Waals surface area contributed by atoms with Crippen molar-refractivity contribution in [3.63, 3.8) is 0 Å². The molecule has 0 aliphatic heterocycles. The minimum absolute atomic E-state index is 0.0241. The fraction of sp³-hybridized carbons (Fsp3) is 0.800. The smallest absolute Gasteiger partial charge is 0.294 e. The van der Waals surface area contributed by atoms with Gasteiger partial charge in [-0.15, -0.1) is 11.8 Å². The Morgan fingerprint density at radius 1 is 0.900 bits per heavy atom. The van der Waals surface area contributed by atoms with Crippen LogP contribution in [0.2, 0.25) is 19.6 Å². The van der Waals surface area contributed by atoms with E-state index in [1.165, 1.54) is 0 Å². The van der Waals surface area contributed by atoms with Crippen molar-refractivity contribution < 1.29 is 29.1 Å². The summed E-state index contributed by atoms with van der Waals surface area (Å²) in [5.74, 6) is 5.29. The lowest BCUT2D eigenvalue weighted by atomic mass is 10.4. The van der Waals surface area contributed by atoms with Gasteiger partial charge in [0.05, 0.1) is 19.5 Å². The van der Waals surface area contributed by atoms with Crippen molar-refractivity contribution in [2.45, 2.75) is 32.5 Å². The normalized spacial score (nSPS) is 12.8. The van der Waals surface area contributed by atoms with Gasteiger partial charge in [-0.3, -0.25) is 8.06 Å². The van der Waals surface area contributed by atoms with Crippen molar-refractivity contribution in [1.82, 2.24) is 0 Å². The summed E-state index contributed by atoms with van der Waals surface area (Å²) in [6, 6.07) is 0. The van der Waals surface area contributed by atoms with Crippen molar-refractivity contribution in [3.8, 4) is 11.8 Å². The Morgan fingerprint density at radius 3 is 1.75 bits per heavy atom. The van der Waals surface area contributed by atoms with Gasteiger partial charge < -0.3 is 0 Å². The van der Waals surface area contributed by atoms with E-state index in [1.807, 2.05) is 0 Å². The average Bonchev–Trinajstić information content (AvgIpc) is 2.16. The van der Waals surface area contributed by atoms with E-state index >= 15 is 0 Å². The summed E-state index contributed by atoms with van der Waals surface area (Å²) in [7, 11) is -9.63. The molecule has 0 saturated carbocycles. The quantitative estimate of drug-likeness (QED) is 0.279. The molecule has 0 aliphatic rings. The van der Waals surface area contributed by atoms with Gasteiger partial charge in [-0.25, -0.2) is 4.18 Å². The molecule has 0 aromatic rings. The number of hydrogen-bond donors (Lipinski definition) is 0. The van der Waals surface area contributed by atoms with Crippen molar-refractivity contribution in [2.24, 2.45) is 0 Å². The van der Waals surface area contributed by atoms with Crippen LogP contribution in [0.1, 0.15) is 12.8 Å². The summed E-state index contributed by atoms with van der Waals surface area (Å²) in [6.07, 6.45) is 1.40. The predicted molar refractivity (Wildman–Crippen MR) is 77.1 cm³/mol. The third-order valence-electron chi connectivity index (χ3n) is 1.46. The summed E-state index contributed by atoms with van der Waals surface area (Å²) in [5, 5.41) is 0. The molecule has 0 unspecified atom stereocenters. The van der Waals surface area contributed by atoms with Crippen LogP contribution in [0.15, 0.2) is 0 Å². The molecule has 10 heteroatoms. The third kappa shape index (κ3) is 14.0. The highest BCUT2D eigenvalue weighted by Gasteiger charge is 2.24. The fourth-order valence-corrected chi connectivity index (χ4v) is 4.26. The van der Waals surface area contributed by atoms with Crippen LogP contribution in [0, 0.1) is 11.8 Å². The summed E-state index contributed by atoms with van der Waals surface area (Å²) in [4.78, 5) is 0. The molecule has 0 aliphatic carbocycles. The Labute approximate surface area is 122 Å². The summed E-state index contributed by atoms with van der Waals surface area (Å²) < 4.78 is 57.9. The SMILES string of the molecule is C[Si](C)(C)OS(=O)(=O)OCCC#CCCOS(C)(=O)=O. The molecule has 0 spiro atoms. The van der Waals surface area contributed by atoms with Crippen LogP contribution in [-0.4, -0.2) is 44.6 Å². The Balaban J connectivity index is 3.88. The van der Waals surface area contributed by atoms with E-state index in [0.29, 0.717) is 0 Å². The van der Waals surface area contributed by atoms with E-state index < -0.39 is 28.8 Å². The lowest BCUT2D eigenvalue weighted by Crippen LogP contribution is -2.30. The van der Waals surface area contributed by atoms with Crippen molar-refractivity contribution in [1.29, 1.82) is 0 Å². The van der Waals surface area contributed by atoms with Crippen LogP contribution < -0.4 is 0 Å². The largest absolute Gasteiger partial charge is 0.390 e. The summed E-state index contributed by atoms with van der Waals surface area (Å²) in [6.45, 7) is 5.07. The monoisotopic (exact) mass is 344 g/mol. The molecule has 0 fully saturated rings. The molecule has 0 rings (SSSR count). The second-order valence-corrected chi connectivity index (χ2v) is 12.4. The van der Waals surface area contributed by atoms with Crippen LogP contribution >= 0.6 is 0 Å². The van der Waals surface area contributed by atoms with E-state index in [2.05, 4.69) is 20.2 Å². The minimum Gasteiger partial charge on any atom is -0.294 e. The third-order valence-corrected chi connectivity index (χ3v) is 5.32. The Morgan fingerprint density at radius 2 is 1.35 bits per heavy atom. The molecule has 0 bridgehead atoms. The maximum absolute atomic E-state index is 11.3. The van der Waals surface area contributed by atoms with E-state index in [4.69, 9.17) is 3.87 Å². The van der Waals surface area contributed by atoms with E-state index in [-0.39, 0.29) is 26.1 Å². The molecular formula is C10H20O7S2Si. The highest BCUT2D eigenvalue weighted by atomic mass is 32.3. The van der Waals surface area contributed by atoms with Gasteiger partial charge in [-0.2, -0.15) is 16.8 Å². The highest BCUT2D eigenvalue weighted by Crippen LogP contribution is 2.09. The first kappa shape index (κ1) is 19.6. The summed E-state index contributed by atoms with van der Waals surface area (Å²) in [5.41, 5.74) is 0. The molecule has 0 amide bonds. The molecule has 7 nitrogen and oxygen atoms in total. The molecule has 20 heavy (non-hydrogen) atoms. The van der Waals surface area contributed by atoms with Crippen molar-refractivity contribution >= 4 is 28.8 Å². The zero-order valence-electron chi connectivity index (χ0n) is 12.0. The molecule has 0 aromatic heterocycles. The first-order chi connectivity index (χ1) is 8.91. The first-order valence-corrected chi connectivity index (χ1v) is 12.4. The molecule has 0 saturated heterocycles. The van der Waals surface area contributed by atoms with Crippen LogP contribution in [0.3, 0.4) is 0 Å². The maximum Gasteiger partial charge on any atom is 0.390 e. The second-order valence-electron chi connectivity index (χ2n) is 4.81. The van der Waals surface area contributed by atoms with Gasteiger partial charge in [0.2, 0.25) is 8.32 Å². The Hall–Kier alpha value is -0.443. The van der Waals surface area contributed by atoms with Gasteiger partial charge in [0, 0.05) is 12.8 Å². The fourth-order valence-electron chi connectivity index (χ4n) is 0.946. The minimum atomic E-state index is -3.97. The molecule has 0 heterocycles. The average molecular weight is 344 g/mol. The van der Waals surface area contributed by atoms with Crippen LogP contribution in [0.5, 0.6) is 0 Å². The van der Waals surface area contributed by atoms with E-state index in [9.17, 15) is 16.8 Å². The first-order valence-electron chi connectivity index (χ1n) is 5.81. The van der Waals surface area contributed by atoms with E-state index in [0.717, 1.165) is 6.26 Å². The number of rotatable bonds is 8. The number of hydrogen-bond acceptors (Lipinski definition) is 7. The van der Waals surface area contributed by atoms with Gasteiger partial charge in [0.15, 0.2) is 0 Å². The van der Waals surface area contributed by atoms with Gasteiger partial charge in [0.1, 0.15) is 0 Å². The van der Waals surface area contributed by atoms with Gasteiger partial charge in [-0.1, -0.05) is 0 Å². The molecular weight excluding hydrogens is 324 g/mol.